The molecule has 1 fully saturated rings. The monoisotopic (exact) mass is 491 g/mol. The summed E-state index contributed by atoms with van der Waals surface area (Å²) in [6, 6.07) is 2.00. The fourth-order valence-electron chi connectivity index (χ4n) is 3.98. The Morgan fingerprint density at radius 1 is 1.41 bits per heavy atom. The van der Waals surface area contributed by atoms with Gasteiger partial charge in [-0.25, -0.2) is 14.2 Å². The van der Waals surface area contributed by atoms with Crippen molar-refractivity contribution in [1.82, 2.24) is 19.8 Å². The number of hydrogen-bond donors (Lipinski definition) is 2. The second kappa shape index (κ2) is 9.92. The molecule has 1 aromatic heterocycles. The number of amidine groups is 1. The van der Waals surface area contributed by atoms with Crippen LogP contribution in [0.25, 0.3) is 0 Å². The summed E-state index contributed by atoms with van der Waals surface area (Å²) < 4.78 is 25.9. The van der Waals surface area contributed by atoms with Gasteiger partial charge in [0.25, 0.3) is 0 Å². The van der Waals surface area contributed by atoms with Gasteiger partial charge in [0.2, 0.25) is 0 Å². The zero-order valence-electron chi connectivity index (χ0n) is 18.5. The maximum Gasteiger partial charge on any atom is 0.338 e. The molecule has 180 valence electrons. The van der Waals surface area contributed by atoms with Crippen LogP contribution in [0.15, 0.2) is 46.9 Å². The zero-order valence-corrected chi connectivity index (χ0v) is 19.3. The van der Waals surface area contributed by atoms with Gasteiger partial charge >= 0.3 is 11.9 Å². The molecule has 0 saturated carbocycles. The fraction of sp³-hybridized carbons (Fsp3) is 0.364. The molecule has 2 atom stereocenters. The van der Waals surface area contributed by atoms with E-state index >= 15 is 0 Å². The number of carboxylic acid groups (broad SMARTS) is 1. The molecular formula is C22H23ClFN5O5. The van der Waals surface area contributed by atoms with E-state index in [4.69, 9.17) is 26.1 Å². The largest absolute Gasteiger partial charge is 0.480 e. The van der Waals surface area contributed by atoms with E-state index in [0.717, 1.165) is 6.07 Å². The van der Waals surface area contributed by atoms with Crippen molar-refractivity contribution in [3.63, 3.8) is 0 Å². The third-order valence-electron chi connectivity index (χ3n) is 5.71. The maximum atomic E-state index is 13.8. The van der Waals surface area contributed by atoms with Crippen molar-refractivity contribution in [2.45, 2.75) is 12.1 Å². The van der Waals surface area contributed by atoms with Crippen LogP contribution in [0.5, 0.6) is 0 Å². The number of imidazole rings is 1. The van der Waals surface area contributed by atoms with Gasteiger partial charge in [-0.15, -0.1) is 0 Å². The number of methoxy groups -OCH3 is 1. The van der Waals surface area contributed by atoms with Gasteiger partial charge in [0.15, 0.2) is 11.7 Å². The van der Waals surface area contributed by atoms with Crippen LogP contribution in [0.1, 0.15) is 17.4 Å². The lowest BCUT2D eigenvalue weighted by molar-refractivity contribution is -0.149. The summed E-state index contributed by atoms with van der Waals surface area (Å²) in [5, 5.41) is 12.9. The van der Waals surface area contributed by atoms with E-state index in [1.165, 1.54) is 19.2 Å². The number of hydrogen-bond acceptors (Lipinski definition) is 8. The Morgan fingerprint density at radius 2 is 2.21 bits per heavy atom. The number of carbonyl (C=O) groups is 2. The predicted molar refractivity (Wildman–Crippen MR) is 120 cm³/mol. The molecular weight excluding hydrogens is 469 g/mol. The summed E-state index contributed by atoms with van der Waals surface area (Å²) in [6.07, 6.45) is 3.34. The van der Waals surface area contributed by atoms with Crippen LogP contribution in [-0.2, 0) is 26.1 Å². The second-order valence-corrected chi connectivity index (χ2v) is 8.22. The number of aliphatic carboxylic acids is 1. The number of aliphatic imine (C=N–C) groups is 1. The highest BCUT2D eigenvalue weighted by atomic mass is 35.5. The molecule has 0 bridgehead atoms. The van der Waals surface area contributed by atoms with Gasteiger partial charge in [0.05, 0.1) is 25.9 Å². The number of halogens is 2. The van der Waals surface area contributed by atoms with Crippen molar-refractivity contribution in [1.29, 1.82) is 0 Å². The lowest BCUT2D eigenvalue weighted by Gasteiger charge is -2.35. The minimum Gasteiger partial charge on any atom is -0.480 e. The molecule has 10 nitrogen and oxygen atoms in total. The number of aryl methyl sites for hydroxylation is 1. The van der Waals surface area contributed by atoms with Gasteiger partial charge in [-0.05, 0) is 12.1 Å². The van der Waals surface area contributed by atoms with Crippen LogP contribution >= 0.6 is 11.6 Å². The number of aromatic nitrogens is 2. The Morgan fingerprint density at radius 3 is 2.85 bits per heavy atom. The molecule has 0 spiro atoms. The lowest BCUT2D eigenvalue weighted by Crippen LogP contribution is -2.52. The molecule has 2 aliphatic heterocycles. The van der Waals surface area contributed by atoms with E-state index in [2.05, 4.69) is 10.3 Å². The van der Waals surface area contributed by atoms with Crippen LogP contribution in [0.2, 0.25) is 5.02 Å². The van der Waals surface area contributed by atoms with Crippen molar-refractivity contribution >= 4 is 29.4 Å². The van der Waals surface area contributed by atoms with E-state index < -0.39 is 29.8 Å². The first kappa shape index (κ1) is 23.9. The molecule has 0 amide bonds. The molecule has 3 heterocycles. The summed E-state index contributed by atoms with van der Waals surface area (Å²) in [5.41, 5.74) is 0.925. The van der Waals surface area contributed by atoms with Crippen molar-refractivity contribution in [2.24, 2.45) is 12.0 Å². The lowest BCUT2D eigenvalue weighted by atomic mass is 9.95. The number of nitrogens with one attached hydrogen (secondary N) is 1. The van der Waals surface area contributed by atoms with Gasteiger partial charge in [-0.3, -0.25) is 14.7 Å². The first-order valence-electron chi connectivity index (χ1n) is 10.4. The van der Waals surface area contributed by atoms with Crippen molar-refractivity contribution in [3.05, 3.63) is 64.1 Å². The Kier molecular flexibility index (Phi) is 6.96. The quantitative estimate of drug-likeness (QED) is 0.584. The fourth-order valence-corrected chi connectivity index (χ4v) is 4.25. The number of esters is 1. The van der Waals surface area contributed by atoms with E-state index in [0.29, 0.717) is 36.1 Å². The first-order valence-corrected chi connectivity index (χ1v) is 10.8. The van der Waals surface area contributed by atoms with Gasteiger partial charge in [-0.1, -0.05) is 17.7 Å². The van der Waals surface area contributed by atoms with Gasteiger partial charge in [-0.2, -0.15) is 0 Å². The average molecular weight is 492 g/mol. The number of ether oxygens (including phenoxy) is 2. The minimum absolute atomic E-state index is 0.0176. The van der Waals surface area contributed by atoms with Gasteiger partial charge < -0.3 is 24.5 Å². The highest BCUT2D eigenvalue weighted by molar-refractivity contribution is 6.31. The first-order chi connectivity index (χ1) is 16.3. The molecule has 1 saturated heterocycles. The Labute approximate surface area is 199 Å². The number of carboxylic acids is 1. The normalized spacial score (nSPS) is 21.1. The Balaban J connectivity index is 1.85. The summed E-state index contributed by atoms with van der Waals surface area (Å²) in [4.78, 5) is 35.5. The summed E-state index contributed by atoms with van der Waals surface area (Å²) in [5.74, 6) is -1.40. The number of benzene rings is 1. The number of rotatable bonds is 6. The standard InChI is InChI=1S/C22H23ClFN5O5/c1-28-6-5-25-20(28)19-26-15(10-29-7-8-34-11-16(29)21(30)31)17(22(32)33-2)18(27-19)13-4-3-12(24)9-14(13)23/h3-6,9,16,18H,7-8,10-11H2,1-2H3,(H,26,27)(H,30,31)/t16-,18?/m0/s1. The molecule has 2 N–H and O–H groups in total. The second-order valence-electron chi connectivity index (χ2n) is 7.82. The van der Waals surface area contributed by atoms with E-state index in [-0.39, 0.29) is 23.7 Å². The molecule has 12 heteroatoms. The number of morpholine rings is 1. The number of carbonyl (C=O) groups excluding carboxylic acids is 1. The van der Waals surface area contributed by atoms with Crippen LogP contribution < -0.4 is 5.32 Å². The molecule has 1 aromatic carbocycles. The highest BCUT2D eigenvalue weighted by Gasteiger charge is 2.37. The third-order valence-corrected chi connectivity index (χ3v) is 6.03. The summed E-state index contributed by atoms with van der Waals surface area (Å²) in [7, 11) is 3.02. The summed E-state index contributed by atoms with van der Waals surface area (Å²) >= 11 is 6.35. The van der Waals surface area contributed by atoms with Crippen LogP contribution in [0.4, 0.5) is 4.39 Å². The van der Waals surface area contributed by atoms with Gasteiger partial charge in [0.1, 0.15) is 17.9 Å². The van der Waals surface area contributed by atoms with Gasteiger partial charge in [0, 0.05) is 48.8 Å². The Hall–Kier alpha value is -3.28. The molecule has 2 aromatic rings. The van der Waals surface area contributed by atoms with Crippen molar-refractivity contribution in [2.75, 3.05) is 33.4 Å². The zero-order chi connectivity index (χ0) is 24.4. The smallest absolute Gasteiger partial charge is 0.338 e. The van der Waals surface area contributed by atoms with Crippen LogP contribution in [0.3, 0.4) is 0 Å². The SMILES string of the molecule is COC(=O)C1=C(CN2CCOC[C@H]2C(=O)O)NC(c2nccn2C)=NC1c1ccc(F)cc1Cl. The number of nitrogens with zero attached hydrogens (tertiary/aromatic N) is 4. The minimum atomic E-state index is -1.04. The predicted octanol–water partition coefficient (Wildman–Crippen LogP) is 1.52. The molecule has 0 aliphatic carbocycles. The highest BCUT2D eigenvalue weighted by Crippen LogP contribution is 2.36. The maximum absolute atomic E-state index is 13.8. The van der Waals surface area contributed by atoms with E-state index in [9.17, 15) is 19.1 Å². The Bertz CT molecular complexity index is 1180. The molecule has 34 heavy (non-hydrogen) atoms. The average Bonchev–Trinajstić information content (AvgIpc) is 3.24. The molecule has 1 unspecified atom stereocenters. The third kappa shape index (κ3) is 4.67. The molecule has 2 aliphatic rings. The van der Waals surface area contributed by atoms with Crippen LogP contribution in [-0.4, -0.2) is 76.8 Å². The summed E-state index contributed by atoms with van der Waals surface area (Å²) in [6.45, 7) is 0.777. The van der Waals surface area contributed by atoms with Crippen molar-refractivity contribution in [3.8, 4) is 0 Å². The topological polar surface area (TPSA) is 118 Å². The molecule has 0 radical (unpaired) electrons. The van der Waals surface area contributed by atoms with E-state index in [1.54, 1.807) is 28.9 Å². The van der Waals surface area contributed by atoms with Crippen molar-refractivity contribution < 1.29 is 28.6 Å². The van der Waals surface area contributed by atoms with Crippen LogP contribution in [0, 0.1) is 5.82 Å². The van der Waals surface area contributed by atoms with E-state index in [1.807, 2.05) is 0 Å². The molecule has 4 rings (SSSR count).